The summed E-state index contributed by atoms with van der Waals surface area (Å²) in [5, 5.41) is 3.00. The molecule has 0 radical (unpaired) electrons. The molecule has 0 aromatic heterocycles. The maximum absolute atomic E-state index is 14.3. The Morgan fingerprint density at radius 3 is 2.48 bits per heavy atom. The van der Waals surface area contributed by atoms with Crippen LogP contribution in [0, 0.1) is 12.7 Å². The van der Waals surface area contributed by atoms with Crippen LogP contribution in [0.2, 0.25) is 5.02 Å². The Morgan fingerprint density at radius 2 is 1.81 bits per heavy atom. The molecule has 144 valence electrons. The van der Waals surface area contributed by atoms with E-state index in [9.17, 15) is 17.6 Å². The number of carbonyl (C=O) groups is 1. The van der Waals surface area contributed by atoms with Gasteiger partial charge in [0.05, 0.1) is 10.7 Å². The first kappa shape index (κ1) is 19.8. The molecule has 0 atom stereocenters. The lowest BCUT2D eigenvalue weighted by atomic mass is 10.2. The Labute approximate surface area is 163 Å². The van der Waals surface area contributed by atoms with Crippen molar-refractivity contribution >= 4 is 33.2 Å². The zero-order valence-electron chi connectivity index (χ0n) is 14.8. The van der Waals surface area contributed by atoms with Gasteiger partial charge in [-0.1, -0.05) is 24.1 Å². The number of halogens is 2. The van der Waals surface area contributed by atoms with E-state index in [2.05, 4.69) is 5.32 Å². The van der Waals surface area contributed by atoms with E-state index in [0.717, 1.165) is 37.0 Å². The van der Waals surface area contributed by atoms with E-state index in [4.69, 9.17) is 11.6 Å². The Bertz CT molecular complexity index is 973. The molecule has 1 saturated heterocycles. The average molecular weight is 411 g/mol. The molecule has 2 aromatic rings. The summed E-state index contributed by atoms with van der Waals surface area (Å²) in [6.07, 6.45) is 2.44. The third kappa shape index (κ3) is 4.31. The fourth-order valence-corrected chi connectivity index (χ4v) is 4.89. The van der Waals surface area contributed by atoms with E-state index < -0.39 is 26.6 Å². The highest BCUT2D eigenvalue weighted by atomic mass is 35.5. The predicted molar refractivity (Wildman–Crippen MR) is 103 cm³/mol. The number of hydrogen-bond acceptors (Lipinski definition) is 3. The molecule has 0 unspecified atom stereocenters. The topological polar surface area (TPSA) is 66.5 Å². The molecule has 2 aromatic carbocycles. The second kappa shape index (κ2) is 7.96. The summed E-state index contributed by atoms with van der Waals surface area (Å²) in [6.45, 7) is 2.59. The van der Waals surface area contributed by atoms with Crippen LogP contribution in [0.4, 0.5) is 10.1 Å². The van der Waals surface area contributed by atoms with Crippen molar-refractivity contribution in [1.29, 1.82) is 0 Å². The zero-order valence-corrected chi connectivity index (χ0v) is 16.4. The van der Waals surface area contributed by atoms with Crippen molar-refractivity contribution in [3.8, 4) is 0 Å². The van der Waals surface area contributed by atoms with E-state index in [-0.39, 0.29) is 5.56 Å². The lowest BCUT2D eigenvalue weighted by Gasteiger charge is -2.26. The summed E-state index contributed by atoms with van der Waals surface area (Å²) in [5.41, 5.74) is 1.38. The molecule has 1 aliphatic rings. The number of sulfonamides is 1. The van der Waals surface area contributed by atoms with Crippen LogP contribution in [0.1, 0.15) is 35.2 Å². The summed E-state index contributed by atoms with van der Waals surface area (Å²) in [5.74, 6) is -1.43. The number of anilines is 1. The minimum atomic E-state index is -3.98. The van der Waals surface area contributed by atoms with E-state index in [1.54, 1.807) is 18.2 Å². The predicted octanol–water partition coefficient (Wildman–Crippen LogP) is 4.21. The van der Waals surface area contributed by atoms with Crippen molar-refractivity contribution in [2.75, 3.05) is 18.4 Å². The number of rotatable bonds is 4. The summed E-state index contributed by atoms with van der Waals surface area (Å²) < 4.78 is 41.1. The number of aryl methyl sites for hydroxylation is 1. The van der Waals surface area contributed by atoms with Gasteiger partial charge in [0.15, 0.2) is 0 Å². The van der Waals surface area contributed by atoms with Gasteiger partial charge in [0.25, 0.3) is 5.91 Å². The van der Waals surface area contributed by atoms with Crippen LogP contribution in [0.25, 0.3) is 0 Å². The van der Waals surface area contributed by atoms with Crippen molar-refractivity contribution in [2.45, 2.75) is 31.1 Å². The number of piperidine rings is 1. The first-order valence-electron chi connectivity index (χ1n) is 8.66. The van der Waals surface area contributed by atoms with Gasteiger partial charge >= 0.3 is 0 Å². The van der Waals surface area contributed by atoms with Crippen LogP contribution in [-0.4, -0.2) is 31.7 Å². The third-order valence-electron chi connectivity index (χ3n) is 4.50. The van der Waals surface area contributed by atoms with Crippen LogP contribution in [0.5, 0.6) is 0 Å². The van der Waals surface area contributed by atoms with Gasteiger partial charge in [-0.05, 0) is 55.7 Å². The molecule has 27 heavy (non-hydrogen) atoms. The summed E-state index contributed by atoms with van der Waals surface area (Å²) >= 11 is 6.11. The Kier molecular flexibility index (Phi) is 5.83. The average Bonchev–Trinajstić information content (AvgIpc) is 2.65. The zero-order chi connectivity index (χ0) is 19.6. The molecule has 5 nitrogen and oxygen atoms in total. The Morgan fingerprint density at radius 1 is 1.11 bits per heavy atom. The number of nitrogens with one attached hydrogen (secondary N) is 1. The van der Waals surface area contributed by atoms with E-state index in [0.29, 0.717) is 23.8 Å². The fourth-order valence-electron chi connectivity index (χ4n) is 3.00. The molecular formula is C19H20ClFN2O3S. The van der Waals surface area contributed by atoms with Gasteiger partial charge in [0.2, 0.25) is 10.0 Å². The van der Waals surface area contributed by atoms with Crippen molar-refractivity contribution < 1.29 is 17.6 Å². The molecule has 1 amide bonds. The van der Waals surface area contributed by atoms with E-state index >= 15 is 0 Å². The second-order valence-electron chi connectivity index (χ2n) is 6.55. The molecule has 0 aliphatic carbocycles. The molecule has 0 bridgehead atoms. The molecule has 1 fully saturated rings. The van der Waals surface area contributed by atoms with E-state index in [1.807, 2.05) is 6.92 Å². The summed E-state index contributed by atoms with van der Waals surface area (Å²) in [4.78, 5) is 12.0. The van der Waals surface area contributed by atoms with Crippen LogP contribution in [-0.2, 0) is 10.0 Å². The smallest absolute Gasteiger partial charge is 0.255 e. The monoisotopic (exact) mass is 410 g/mol. The Balaban J connectivity index is 1.89. The first-order chi connectivity index (χ1) is 12.8. The van der Waals surface area contributed by atoms with Crippen LogP contribution in [0.3, 0.4) is 0 Å². The van der Waals surface area contributed by atoms with Gasteiger partial charge in [-0.3, -0.25) is 4.79 Å². The normalized spacial score (nSPS) is 15.5. The SMILES string of the molecule is Cc1ccc(NC(=O)c2ccc(F)c(S(=O)(=O)N3CCCCC3)c2)c(Cl)c1. The van der Waals surface area contributed by atoms with Gasteiger partial charge in [-0.15, -0.1) is 0 Å². The maximum atomic E-state index is 14.3. The van der Waals surface area contributed by atoms with Gasteiger partial charge in [-0.25, -0.2) is 12.8 Å². The van der Waals surface area contributed by atoms with Crippen molar-refractivity contribution in [3.63, 3.8) is 0 Å². The number of benzene rings is 2. The van der Waals surface area contributed by atoms with Crippen LogP contribution in [0.15, 0.2) is 41.3 Å². The third-order valence-corrected chi connectivity index (χ3v) is 6.73. The largest absolute Gasteiger partial charge is 0.321 e. The highest BCUT2D eigenvalue weighted by Crippen LogP contribution is 2.26. The number of nitrogens with zero attached hydrogens (tertiary/aromatic N) is 1. The van der Waals surface area contributed by atoms with Crippen molar-refractivity contribution in [2.24, 2.45) is 0 Å². The quantitative estimate of drug-likeness (QED) is 0.820. The molecule has 8 heteroatoms. The number of amides is 1. The Hall–Kier alpha value is -1.96. The van der Waals surface area contributed by atoms with Crippen molar-refractivity contribution in [3.05, 3.63) is 58.4 Å². The molecule has 1 aliphatic heterocycles. The van der Waals surface area contributed by atoms with Gasteiger partial charge in [-0.2, -0.15) is 4.31 Å². The van der Waals surface area contributed by atoms with Crippen molar-refractivity contribution in [1.82, 2.24) is 4.31 Å². The molecule has 0 spiro atoms. The molecule has 0 saturated carbocycles. The van der Waals surface area contributed by atoms with Gasteiger partial charge in [0.1, 0.15) is 10.7 Å². The molecule has 1 heterocycles. The van der Waals surface area contributed by atoms with E-state index in [1.165, 1.54) is 10.4 Å². The lowest BCUT2D eigenvalue weighted by molar-refractivity contribution is 0.102. The minimum absolute atomic E-state index is 0.0450. The highest BCUT2D eigenvalue weighted by Gasteiger charge is 2.29. The minimum Gasteiger partial charge on any atom is -0.321 e. The highest BCUT2D eigenvalue weighted by molar-refractivity contribution is 7.89. The molecular weight excluding hydrogens is 391 g/mol. The standard InChI is InChI=1S/C19H20ClFN2O3S/c1-13-5-8-17(15(20)11-13)22-19(24)14-6-7-16(21)18(12-14)27(25,26)23-9-3-2-4-10-23/h5-8,11-12H,2-4,9-10H2,1H3,(H,22,24). The van der Waals surface area contributed by atoms with Gasteiger partial charge < -0.3 is 5.32 Å². The summed E-state index contributed by atoms with van der Waals surface area (Å²) in [7, 11) is -3.98. The van der Waals surface area contributed by atoms with Crippen LogP contribution >= 0.6 is 11.6 Å². The number of carbonyl (C=O) groups excluding carboxylic acids is 1. The fraction of sp³-hybridized carbons (Fsp3) is 0.316. The number of hydrogen-bond donors (Lipinski definition) is 1. The van der Waals surface area contributed by atoms with Crippen LogP contribution < -0.4 is 5.32 Å². The molecule has 3 rings (SSSR count). The lowest BCUT2D eigenvalue weighted by Crippen LogP contribution is -2.36. The van der Waals surface area contributed by atoms with Gasteiger partial charge in [0, 0.05) is 18.7 Å². The summed E-state index contributed by atoms with van der Waals surface area (Å²) in [6, 6.07) is 8.48. The second-order valence-corrected chi connectivity index (χ2v) is 8.86. The molecule has 1 N–H and O–H groups in total. The first-order valence-corrected chi connectivity index (χ1v) is 10.5. The maximum Gasteiger partial charge on any atom is 0.255 e.